The van der Waals surface area contributed by atoms with E-state index in [1.54, 1.807) is 19.1 Å². The summed E-state index contributed by atoms with van der Waals surface area (Å²) in [4.78, 5) is 13.0. The first kappa shape index (κ1) is 13.8. The zero-order chi connectivity index (χ0) is 14.0. The Balaban J connectivity index is 2.39. The number of benzene rings is 1. The lowest BCUT2D eigenvalue weighted by Crippen LogP contribution is -2.27. The first-order valence-electron chi connectivity index (χ1n) is 6.77. The minimum Gasteiger partial charge on any atom is -0.389 e. The van der Waals surface area contributed by atoms with Gasteiger partial charge in [0, 0.05) is 18.7 Å². The summed E-state index contributed by atoms with van der Waals surface area (Å²) < 4.78 is 0. The minimum atomic E-state index is -0.687. The molecule has 1 saturated carbocycles. The van der Waals surface area contributed by atoms with Crippen LogP contribution in [0.25, 0.3) is 0 Å². The van der Waals surface area contributed by atoms with Crippen LogP contribution < -0.4 is 4.90 Å². The number of hydrogen-bond acceptors (Lipinski definition) is 4. The van der Waals surface area contributed by atoms with E-state index in [0.29, 0.717) is 17.3 Å². The van der Waals surface area contributed by atoms with Gasteiger partial charge >= 0.3 is 0 Å². The third kappa shape index (κ3) is 3.04. The molecule has 0 aromatic heterocycles. The normalized spacial score (nSPS) is 16.2. The molecule has 0 saturated heterocycles. The van der Waals surface area contributed by atoms with E-state index in [-0.39, 0.29) is 10.6 Å². The van der Waals surface area contributed by atoms with Gasteiger partial charge in [-0.15, -0.1) is 0 Å². The fourth-order valence-electron chi connectivity index (χ4n) is 2.32. The third-order valence-corrected chi connectivity index (χ3v) is 3.44. The second-order valence-electron chi connectivity index (χ2n) is 5.11. The molecule has 0 aliphatic heterocycles. The van der Waals surface area contributed by atoms with Gasteiger partial charge < -0.3 is 10.0 Å². The molecule has 1 aromatic rings. The fraction of sp³-hybridized carbons (Fsp3) is 0.571. The zero-order valence-corrected chi connectivity index (χ0v) is 11.4. The quantitative estimate of drug-likeness (QED) is 0.633. The first-order valence-corrected chi connectivity index (χ1v) is 6.77. The van der Waals surface area contributed by atoms with Crippen molar-refractivity contribution >= 4 is 11.4 Å². The molecular weight excluding hydrogens is 244 g/mol. The summed E-state index contributed by atoms with van der Waals surface area (Å²) in [6.07, 6.45) is 2.49. The van der Waals surface area contributed by atoms with Gasteiger partial charge in [-0.25, -0.2) is 0 Å². The minimum absolute atomic E-state index is 0.0961. The predicted molar refractivity (Wildman–Crippen MR) is 74.4 cm³/mol. The van der Waals surface area contributed by atoms with Crippen molar-refractivity contribution in [3.8, 4) is 0 Å². The lowest BCUT2D eigenvalue weighted by atomic mass is 10.1. The van der Waals surface area contributed by atoms with Crippen LogP contribution in [0, 0.1) is 10.1 Å². The summed E-state index contributed by atoms with van der Waals surface area (Å²) in [5.74, 6) is 0. The van der Waals surface area contributed by atoms with Crippen LogP contribution in [0.4, 0.5) is 11.4 Å². The maximum Gasteiger partial charge on any atom is 0.292 e. The Hall–Kier alpha value is -1.62. The Labute approximate surface area is 113 Å². The van der Waals surface area contributed by atoms with Crippen molar-refractivity contribution in [1.82, 2.24) is 0 Å². The number of aliphatic hydroxyl groups is 1. The van der Waals surface area contributed by atoms with Crippen molar-refractivity contribution in [2.24, 2.45) is 0 Å². The second kappa shape index (κ2) is 5.57. The van der Waals surface area contributed by atoms with Crippen LogP contribution in [0.5, 0.6) is 0 Å². The number of hydrogen-bond donors (Lipinski definition) is 1. The smallest absolute Gasteiger partial charge is 0.292 e. The Bertz CT molecular complexity index is 470. The Morgan fingerprint density at radius 2 is 2.21 bits per heavy atom. The largest absolute Gasteiger partial charge is 0.389 e. The van der Waals surface area contributed by atoms with E-state index in [9.17, 15) is 15.2 Å². The van der Waals surface area contributed by atoms with Gasteiger partial charge in [0.25, 0.3) is 5.69 Å². The van der Waals surface area contributed by atoms with Crippen molar-refractivity contribution in [3.05, 3.63) is 33.9 Å². The number of rotatable bonds is 6. The van der Waals surface area contributed by atoms with Crippen molar-refractivity contribution in [1.29, 1.82) is 0 Å². The molecule has 0 unspecified atom stereocenters. The topological polar surface area (TPSA) is 66.6 Å². The van der Waals surface area contributed by atoms with E-state index in [4.69, 9.17) is 0 Å². The first-order chi connectivity index (χ1) is 9.04. The lowest BCUT2D eigenvalue weighted by molar-refractivity contribution is -0.384. The molecule has 1 aliphatic rings. The van der Waals surface area contributed by atoms with Crippen molar-refractivity contribution in [3.63, 3.8) is 0 Å². The summed E-state index contributed by atoms with van der Waals surface area (Å²) in [5, 5.41) is 20.8. The van der Waals surface area contributed by atoms with Gasteiger partial charge in [0.15, 0.2) is 0 Å². The van der Waals surface area contributed by atoms with Crippen molar-refractivity contribution in [2.45, 2.75) is 45.3 Å². The van der Waals surface area contributed by atoms with Gasteiger partial charge in [-0.3, -0.25) is 10.1 Å². The van der Waals surface area contributed by atoms with Gasteiger partial charge in [0.2, 0.25) is 0 Å². The molecule has 1 aromatic carbocycles. The highest BCUT2D eigenvalue weighted by Gasteiger charge is 2.32. The average Bonchev–Trinajstić information content (AvgIpc) is 3.19. The number of nitro benzene ring substituents is 1. The highest BCUT2D eigenvalue weighted by Crippen LogP contribution is 2.38. The molecule has 5 heteroatoms. The number of nitro groups is 1. The molecule has 1 N–H and O–H groups in total. The van der Waals surface area contributed by atoms with Crippen LogP contribution in [-0.2, 0) is 0 Å². The zero-order valence-electron chi connectivity index (χ0n) is 11.4. The standard InChI is InChI=1S/C14H20N2O3/c1-3-8-15(12-5-6-12)13-7-4-11(10(2)17)9-14(13)16(18)19/h4,7,9-10,12,17H,3,5-6,8H2,1-2H3/t10-/m1/s1. The molecule has 1 aliphatic carbocycles. The Morgan fingerprint density at radius 1 is 1.53 bits per heavy atom. The van der Waals surface area contributed by atoms with E-state index in [1.165, 1.54) is 6.07 Å². The molecule has 2 rings (SSSR count). The monoisotopic (exact) mass is 264 g/mol. The molecular formula is C14H20N2O3. The number of aliphatic hydroxyl groups excluding tert-OH is 1. The van der Waals surface area contributed by atoms with Crippen LogP contribution in [0.3, 0.4) is 0 Å². The van der Waals surface area contributed by atoms with Gasteiger partial charge in [-0.05, 0) is 37.8 Å². The van der Waals surface area contributed by atoms with E-state index < -0.39 is 6.10 Å². The van der Waals surface area contributed by atoms with Gasteiger partial charge in [0.1, 0.15) is 5.69 Å². The molecule has 1 atom stereocenters. The van der Waals surface area contributed by atoms with E-state index in [0.717, 1.165) is 25.8 Å². The molecule has 0 amide bonds. The molecule has 1 fully saturated rings. The SMILES string of the molecule is CCCN(c1ccc([C@@H](C)O)cc1[N+](=O)[O-])C1CC1. The number of anilines is 1. The van der Waals surface area contributed by atoms with Gasteiger partial charge in [-0.1, -0.05) is 13.0 Å². The maximum absolute atomic E-state index is 11.2. The second-order valence-corrected chi connectivity index (χ2v) is 5.11. The van der Waals surface area contributed by atoms with E-state index in [1.807, 2.05) is 0 Å². The van der Waals surface area contributed by atoms with Crippen molar-refractivity contribution in [2.75, 3.05) is 11.4 Å². The average molecular weight is 264 g/mol. The molecule has 5 nitrogen and oxygen atoms in total. The Kier molecular flexibility index (Phi) is 4.04. The summed E-state index contributed by atoms with van der Waals surface area (Å²) in [6.45, 7) is 4.52. The molecule has 0 heterocycles. The molecule has 0 spiro atoms. The summed E-state index contributed by atoms with van der Waals surface area (Å²) in [5.41, 5.74) is 1.36. The number of nitrogens with zero attached hydrogens (tertiary/aromatic N) is 2. The molecule has 0 bridgehead atoms. The third-order valence-electron chi connectivity index (χ3n) is 3.44. The van der Waals surface area contributed by atoms with Crippen LogP contribution in [-0.4, -0.2) is 22.6 Å². The van der Waals surface area contributed by atoms with Crippen LogP contribution >= 0.6 is 0 Å². The van der Waals surface area contributed by atoms with Gasteiger partial charge in [-0.2, -0.15) is 0 Å². The van der Waals surface area contributed by atoms with Gasteiger partial charge in [0.05, 0.1) is 11.0 Å². The summed E-state index contributed by atoms with van der Waals surface area (Å²) >= 11 is 0. The predicted octanol–water partition coefficient (Wildman–Crippen LogP) is 3.03. The van der Waals surface area contributed by atoms with E-state index >= 15 is 0 Å². The Morgan fingerprint density at radius 3 is 2.68 bits per heavy atom. The summed E-state index contributed by atoms with van der Waals surface area (Å²) in [6, 6.07) is 5.48. The van der Waals surface area contributed by atoms with Crippen molar-refractivity contribution < 1.29 is 10.0 Å². The van der Waals surface area contributed by atoms with E-state index in [2.05, 4.69) is 11.8 Å². The van der Waals surface area contributed by atoms with Crippen LogP contribution in [0.15, 0.2) is 18.2 Å². The molecule has 104 valence electrons. The molecule has 0 radical (unpaired) electrons. The highest BCUT2D eigenvalue weighted by molar-refractivity contribution is 5.65. The van der Waals surface area contributed by atoms with Crippen LogP contribution in [0.1, 0.15) is 44.8 Å². The lowest BCUT2D eigenvalue weighted by Gasteiger charge is -2.24. The molecule has 19 heavy (non-hydrogen) atoms. The fourth-order valence-corrected chi connectivity index (χ4v) is 2.32. The van der Waals surface area contributed by atoms with Crippen LogP contribution in [0.2, 0.25) is 0 Å². The highest BCUT2D eigenvalue weighted by atomic mass is 16.6. The summed E-state index contributed by atoms with van der Waals surface area (Å²) in [7, 11) is 0. The maximum atomic E-state index is 11.2.